The van der Waals surface area contributed by atoms with Crippen molar-refractivity contribution in [2.24, 2.45) is 0 Å². The molecule has 0 aliphatic carbocycles. The van der Waals surface area contributed by atoms with Crippen LogP contribution in [0.2, 0.25) is 0 Å². The second kappa shape index (κ2) is 5.48. The number of nitro groups is 1. The molecule has 0 aromatic heterocycles. The second-order valence-corrected chi connectivity index (χ2v) is 4.10. The number of nitrogens with zero attached hydrogens (tertiary/aromatic N) is 1. The Kier molecular flexibility index (Phi) is 4.25. The highest BCUT2D eigenvalue weighted by Crippen LogP contribution is 2.26. The summed E-state index contributed by atoms with van der Waals surface area (Å²) in [5, 5.41) is 13.7. The number of hydrogen-bond donors (Lipinski definition) is 1. The zero-order valence-corrected chi connectivity index (χ0v) is 10.8. The van der Waals surface area contributed by atoms with Gasteiger partial charge in [0.1, 0.15) is 6.04 Å². The van der Waals surface area contributed by atoms with E-state index in [0.717, 1.165) is 0 Å². The smallest absolute Gasteiger partial charge is 0.327 e. The number of nitrogens with one attached hydrogen (secondary N) is 1. The molecule has 0 spiro atoms. The summed E-state index contributed by atoms with van der Waals surface area (Å²) in [5.41, 5.74) is 2.02. The van der Waals surface area contributed by atoms with Crippen LogP contribution in [0.25, 0.3) is 0 Å². The van der Waals surface area contributed by atoms with Crippen molar-refractivity contribution in [3.63, 3.8) is 0 Å². The first-order valence-corrected chi connectivity index (χ1v) is 5.46. The molecule has 18 heavy (non-hydrogen) atoms. The van der Waals surface area contributed by atoms with Gasteiger partial charge in [0.05, 0.1) is 12.0 Å². The Morgan fingerprint density at radius 2 is 2.00 bits per heavy atom. The summed E-state index contributed by atoms with van der Waals surface area (Å²) in [4.78, 5) is 21.6. The van der Waals surface area contributed by atoms with Crippen LogP contribution in [0.5, 0.6) is 0 Å². The predicted molar refractivity (Wildman–Crippen MR) is 67.7 cm³/mol. The molecule has 1 N–H and O–H groups in total. The van der Waals surface area contributed by atoms with E-state index in [4.69, 9.17) is 0 Å². The number of aryl methyl sites for hydroxylation is 2. The molecule has 0 saturated carbocycles. The van der Waals surface area contributed by atoms with Gasteiger partial charge in [-0.2, -0.15) is 0 Å². The van der Waals surface area contributed by atoms with Crippen molar-refractivity contribution in [3.8, 4) is 0 Å². The summed E-state index contributed by atoms with van der Waals surface area (Å²) < 4.78 is 4.61. The molecule has 1 rings (SSSR count). The summed E-state index contributed by atoms with van der Waals surface area (Å²) >= 11 is 0. The summed E-state index contributed by atoms with van der Waals surface area (Å²) in [6.07, 6.45) is 0. The highest BCUT2D eigenvalue weighted by atomic mass is 16.6. The van der Waals surface area contributed by atoms with E-state index < -0.39 is 11.0 Å². The van der Waals surface area contributed by atoms with E-state index in [9.17, 15) is 14.9 Å². The van der Waals surface area contributed by atoms with Gasteiger partial charge in [-0.05, 0) is 32.4 Å². The molecule has 1 atom stereocenters. The maximum atomic E-state index is 11.3. The van der Waals surface area contributed by atoms with Gasteiger partial charge in [-0.3, -0.25) is 10.1 Å². The van der Waals surface area contributed by atoms with Gasteiger partial charge in [0.2, 0.25) is 0 Å². The fraction of sp³-hybridized carbons (Fsp3) is 0.417. The lowest BCUT2D eigenvalue weighted by atomic mass is 10.1. The number of nitro benzene ring substituents is 1. The van der Waals surface area contributed by atoms with Gasteiger partial charge < -0.3 is 10.1 Å². The molecule has 1 aromatic rings. The van der Waals surface area contributed by atoms with Gasteiger partial charge in [0.15, 0.2) is 0 Å². The van der Waals surface area contributed by atoms with E-state index >= 15 is 0 Å². The van der Waals surface area contributed by atoms with Crippen molar-refractivity contribution < 1.29 is 14.5 Å². The average Bonchev–Trinajstić information content (AvgIpc) is 2.31. The van der Waals surface area contributed by atoms with Crippen LogP contribution >= 0.6 is 0 Å². The molecule has 0 radical (unpaired) electrons. The minimum absolute atomic E-state index is 0.0729. The van der Waals surface area contributed by atoms with Crippen LogP contribution in [-0.4, -0.2) is 24.0 Å². The predicted octanol–water partition coefficient (Wildman–Crippen LogP) is 2.19. The second-order valence-electron chi connectivity index (χ2n) is 4.10. The van der Waals surface area contributed by atoms with Crippen LogP contribution in [0.15, 0.2) is 12.1 Å². The minimum atomic E-state index is -0.505. The highest BCUT2D eigenvalue weighted by molar-refractivity contribution is 5.79. The molecule has 6 nitrogen and oxygen atoms in total. The van der Waals surface area contributed by atoms with Gasteiger partial charge in [-0.25, -0.2) is 4.79 Å². The maximum absolute atomic E-state index is 11.3. The number of methoxy groups -OCH3 is 1. The Morgan fingerprint density at radius 3 is 2.50 bits per heavy atom. The van der Waals surface area contributed by atoms with Crippen LogP contribution in [0, 0.1) is 24.0 Å². The lowest BCUT2D eigenvalue weighted by Gasteiger charge is -2.15. The lowest BCUT2D eigenvalue weighted by Crippen LogP contribution is -2.27. The number of esters is 1. The van der Waals surface area contributed by atoms with Gasteiger partial charge in [-0.1, -0.05) is 0 Å². The average molecular weight is 252 g/mol. The van der Waals surface area contributed by atoms with Crippen molar-refractivity contribution in [2.75, 3.05) is 12.4 Å². The SMILES string of the molecule is COC(=O)C(C)Nc1cc(C)c([N+](=O)[O-])cc1C. The number of anilines is 1. The minimum Gasteiger partial charge on any atom is -0.467 e. The van der Waals surface area contributed by atoms with Gasteiger partial charge in [0, 0.05) is 17.3 Å². The molecule has 0 fully saturated rings. The quantitative estimate of drug-likeness (QED) is 0.504. The van der Waals surface area contributed by atoms with Crippen LogP contribution in [0.1, 0.15) is 18.1 Å². The Balaban J connectivity index is 3.02. The third kappa shape index (κ3) is 2.97. The Morgan fingerprint density at radius 1 is 1.39 bits per heavy atom. The third-order valence-electron chi connectivity index (χ3n) is 2.67. The summed E-state index contributed by atoms with van der Waals surface area (Å²) in [7, 11) is 1.31. The number of hydrogen-bond acceptors (Lipinski definition) is 5. The van der Waals surface area contributed by atoms with E-state index in [1.54, 1.807) is 26.8 Å². The van der Waals surface area contributed by atoms with E-state index in [0.29, 0.717) is 16.8 Å². The Hall–Kier alpha value is -2.11. The molecule has 98 valence electrons. The number of ether oxygens (including phenoxy) is 1. The fourth-order valence-electron chi connectivity index (χ4n) is 1.62. The number of rotatable bonds is 4. The first kappa shape index (κ1) is 14.0. The molecule has 0 amide bonds. The van der Waals surface area contributed by atoms with E-state index in [2.05, 4.69) is 10.1 Å². The Bertz CT molecular complexity index is 485. The van der Waals surface area contributed by atoms with Crippen molar-refractivity contribution in [1.29, 1.82) is 0 Å². The van der Waals surface area contributed by atoms with E-state index in [-0.39, 0.29) is 11.7 Å². The Labute approximate surface area is 105 Å². The van der Waals surface area contributed by atoms with Crippen molar-refractivity contribution in [3.05, 3.63) is 33.4 Å². The molecule has 1 aromatic carbocycles. The van der Waals surface area contributed by atoms with Crippen LogP contribution in [0.3, 0.4) is 0 Å². The topological polar surface area (TPSA) is 81.5 Å². The molecule has 0 aliphatic rings. The monoisotopic (exact) mass is 252 g/mol. The summed E-state index contributed by atoms with van der Waals surface area (Å²) in [6.45, 7) is 5.08. The highest BCUT2D eigenvalue weighted by Gasteiger charge is 2.17. The van der Waals surface area contributed by atoms with Crippen molar-refractivity contribution >= 4 is 17.3 Å². The lowest BCUT2D eigenvalue weighted by molar-refractivity contribution is -0.385. The molecule has 0 heterocycles. The molecular formula is C12H16N2O4. The van der Waals surface area contributed by atoms with Gasteiger partial charge >= 0.3 is 5.97 Å². The van der Waals surface area contributed by atoms with E-state index in [1.807, 2.05) is 0 Å². The standard InChI is InChI=1S/C12H16N2O4/c1-7-6-11(14(16)17)8(2)5-10(7)13-9(3)12(15)18-4/h5-6,9,13H,1-4H3. The molecule has 0 bridgehead atoms. The molecule has 0 saturated heterocycles. The molecular weight excluding hydrogens is 236 g/mol. The normalized spacial score (nSPS) is 11.8. The number of carbonyl (C=O) groups is 1. The largest absolute Gasteiger partial charge is 0.467 e. The first-order valence-electron chi connectivity index (χ1n) is 5.46. The number of carbonyl (C=O) groups excluding carboxylic acids is 1. The van der Waals surface area contributed by atoms with Crippen molar-refractivity contribution in [1.82, 2.24) is 0 Å². The van der Waals surface area contributed by atoms with Crippen LogP contribution in [-0.2, 0) is 9.53 Å². The van der Waals surface area contributed by atoms with E-state index in [1.165, 1.54) is 13.2 Å². The van der Waals surface area contributed by atoms with Crippen LogP contribution < -0.4 is 5.32 Å². The zero-order valence-electron chi connectivity index (χ0n) is 10.8. The summed E-state index contributed by atoms with van der Waals surface area (Å²) in [6, 6.07) is 2.64. The summed E-state index contributed by atoms with van der Waals surface area (Å²) in [5.74, 6) is -0.384. The fourth-order valence-corrected chi connectivity index (χ4v) is 1.62. The maximum Gasteiger partial charge on any atom is 0.327 e. The zero-order chi connectivity index (χ0) is 13.9. The molecule has 6 heteroatoms. The van der Waals surface area contributed by atoms with Gasteiger partial charge in [-0.15, -0.1) is 0 Å². The van der Waals surface area contributed by atoms with Gasteiger partial charge in [0.25, 0.3) is 5.69 Å². The molecule has 0 aliphatic heterocycles. The third-order valence-corrected chi connectivity index (χ3v) is 2.67. The first-order chi connectivity index (χ1) is 8.36. The van der Waals surface area contributed by atoms with Crippen LogP contribution in [0.4, 0.5) is 11.4 Å². The van der Waals surface area contributed by atoms with Crippen molar-refractivity contribution in [2.45, 2.75) is 26.8 Å². The number of benzene rings is 1. The molecule has 1 unspecified atom stereocenters.